The van der Waals surface area contributed by atoms with Crippen molar-refractivity contribution in [3.63, 3.8) is 0 Å². The number of rotatable bonds is 7. The Morgan fingerprint density at radius 3 is 2.77 bits per heavy atom. The molecule has 2 amide bonds. The van der Waals surface area contributed by atoms with Gasteiger partial charge in [-0.05, 0) is 30.3 Å². The van der Waals surface area contributed by atoms with Gasteiger partial charge in [0.2, 0.25) is 0 Å². The van der Waals surface area contributed by atoms with E-state index in [1.54, 1.807) is 48.0 Å². The van der Waals surface area contributed by atoms with Crippen molar-refractivity contribution >= 4 is 28.3 Å². The molecule has 0 aliphatic heterocycles. The van der Waals surface area contributed by atoms with Crippen LogP contribution in [-0.4, -0.2) is 28.4 Å². The number of anilines is 1. The van der Waals surface area contributed by atoms with Crippen molar-refractivity contribution in [2.45, 2.75) is 0 Å². The van der Waals surface area contributed by atoms with E-state index >= 15 is 0 Å². The first-order valence-electron chi connectivity index (χ1n) is 7.66. The topological polar surface area (TPSA) is 110 Å². The molecule has 0 fully saturated rings. The number of thiazole rings is 1. The largest absolute Gasteiger partial charge is 0.490 e. The summed E-state index contributed by atoms with van der Waals surface area (Å²) in [4.78, 5) is 30.6. The number of aromatic nitrogens is 2. The lowest BCUT2D eigenvalue weighted by atomic mass is 10.2. The lowest BCUT2D eigenvalue weighted by molar-refractivity contribution is 0.0994. The molecule has 3 rings (SSSR count). The van der Waals surface area contributed by atoms with Gasteiger partial charge < -0.3 is 15.5 Å². The first-order valence-corrected chi connectivity index (χ1v) is 8.54. The molecule has 3 aromatic rings. The normalized spacial score (nSPS) is 10.3. The van der Waals surface area contributed by atoms with Crippen LogP contribution in [0.25, 0.3) is 11.3 Å². The fraction of sp³-hybridized carbons (Fsp3) is 0.0556. The van der Waals surface area contributed by atoms with Gasteiger partial charge in [0.15, 0.2) is 5.13 Å². The van der Waals surface area contributed by atoms with Gasteiger partial charge in [0.1, 0.15) is 18.1 Å². The van der Waals surface area contributed by atoms with E-state index in [1.807, 2.05) is 0 Å². The van der Waals surface area contributed by atoms with E-state index < -0.39 is 5.91 Å². The maximum absolute atomic E-state index is 12.3. The molecule has 0 bridgehead atoms. The molecule has 0 radical (unpaired) electrons. The van der Waals surface area contributed by atoms with Crippen molar-refractivity contribution in [2.24, 2.45) is 5.73 Å². The Balaban J connectivity index is 1.67. The van der Waals surface area contributed by atoms with Gasteiger partial charge in [-0.3, -0.25) is 14.9 Å². The average Bonchev–Trinajstić information content (AvgIpc) is 3.29. The second-order valence-corrected chi connectivity index (χ2v) is 6.14. The molecule has 8 heteroatoms. The Hall–Kier alpha value is -3.39. The molecule has 26 heavy (non-hydrogen) atoms. The molecule has 0 atom stereocenters. The van der Waals surface area contributed by atoms with Crippen molar-refractivity contribution in [2.75, 3.05) is 11.9 Å². The smallest absolute Gasteiger partial charge is 0.265 e. The maximum atomic E-state index is 12.3. The second-order valence-electron chi connectivity index (χ2n) is 5.28. The molecule has 0 aliphatic rings. The number of nitrogens with two attached hydrogens (primary N) is 1. The summed E-state index contributed by atoms with van der Waals surface area (Å²) in [6, 6.07) is 8.40. The molecule has 0 saturated carbocycles. The number of nitrogens with zero attached hydrogens (tertiary/aromatic N) is 1. The zero-order valence-corrected chi connectivity index (χ0v) is 14.5. The zero-order valence-electron chi connectivity index (χ0n) is 13.7. The molecule has 0 spiro atoms. The number of hydrogen-bond donors (Lipinski definition) is 3. The Bertz CT molecular complexity index is 944. The molecule has 1 aromatic carbocycles. The van der Waals surface area contributed by atoms with Crippen LogP contribution in [0.1, 0.15) is 20.8 Å². The predicted octanol–water partition coefficient (Wildman–Crippen LogP) is 3.05. The van der Waals surface area contributed by atoms with Gasteiger partial charge in [0, 0.05) is 22.7 Å². The summed E-state index contributed by atoms with van der Waals surface area (Å²) in [5.41, 5.74) is 7.38. The van der Waals surface area contributed by atoms with E-state index in [1.165, 1.54) is 11.3 Å². The molecule has 4 N–H and O–H groups in total. The summed E-state index contributed by atoms with van der Waals surface area (Å²) < 4.78 is 5.38. The number of primary amides is 1. The first kappa shape index (κ1) is 17.4. The Kier molecular flexibility index (Phi) is 5.14. The molecule has 0 saturated heterocycles. The van der Waals surface area contributed by atoms with Crippen LogP contribution in [0.3, 0.4) is 0 Å². The number of amides is 2. The minimum atomic E-state index is -0.541. The van der Waals surface area contributed by atoms with Gasteiger partial charge in [0.25, 0.3) is 11.8 Å². The fourth-order valence-electron chi connectivity index (χ4n) is 2.18. The van der Waals surface area contributed by atoms with Crippen molar-refractivity contribution < 1.29 is 14.3 Å². The van der Waals surface area contributed by atoms with Gasteiger partial charge in [-0.2, -0.15) is 0 Å². The number of aromatic amines is 1. The number of benzene rings is 1. The van der Waals surface area contributed by atoms with Gasteiger partial charge in [-0.25, -0.2) is 4.98 Å². The van der Waals surface area contributed by atoms with Crippen LogP contribution >= 0.6 is 11.3 Å². The third-order valence-electron chi connectivity index (χ3n) is 3.45. The highest BCUT2D eigenvalue weighted by atomic mass is 32.1. The number of nitrogens with one attached hydrogen (secondary N) is 2. The van der Waals surface area contributed by atoms with Crippen LogP contribution in [0.5, 0.6) is 5.75 Å². The number of hydrogen-bond acceptors (Lipinski definition) is 5. The minimum absolute atomic E-state index is 0.270. The van der Waals surface area contributed by atoms with Crippen LogP contribution in [0.4, 0.5) is 5.13 Å². The van der Waals surface area contributed by atoms with Gasteiger partial charge in [-0.1, -0.05) is 12.7 Å². The maximum Gasteiger partial charge on any atom is 0.265 e. The Labute approximate surface area is 153 Å². The van der Waals surface area contributed by atoms with E-state index in [2.05, 4.69) is 21.9 Å². The molecule has 2 aromatic heterocycles. The van der Waals surface area contributed by atoms with Gasteiger partial charge in [0.05, 0.1) is 5.69 Å². The number of H-pyrrole nitrogens is 1. The summed E-state index contributed by atoms with van der Waals surface area (Å²) >= 11 is 1.29. The number of carbonyl (C=O) groups is 2. The molecule has 7 nitrogen and oxygen atoms in total. The highest BCUT2D eigenvalue weighted by molar-refractivity contribution is 7.14. The van der Waals surface area contributed by atoms with Crippen LogP contribution in [0.15, 0.2) is 54.6 Å². The van der Waals surface area contributed by atoms with Crippen LogP contribution < -0.4 is 15.8 Å². The van der Waals surface area contributed by atoms with E-state index in [0.29, 0.717) is 34.4 Å². The zero-order chi connectivity index (χ0) is 18.5. The SMILES string of the molecule is C=CCOc1ccc(C(=O)Nc2nc(-c3c[nH]c(C(N)=O)c3)cs2)cc1. The first-order chi connectivity index (χ1) is 12.6. The standard InChI is InChI=1S/C18H16N4O3S/c1-2-7-25-13-5-3-11(4-6-13)17(24)22-18-21-15(10-26-18)12-8-14(16(19)23)20-9-12/h2-6,8-10,20H,1,7H2,(H2,19,23)(H,21,22,24). The summed E-state index contributed by atoms with van der Waals surface area (Å²) in [5.74, 6) is -0.149. The Morgan fingerprint density at radius 2 is 2.12 bits per heavy atom. The summed E-state index contributed by atoms with van der Waals surface area (Å²) in [5, 5.41) is 4.99. The summed E-state index contributed by atoms with van der Waals surface area (Å²) in [7, 11) is 0. The van der Waals surface area contributed by atoms with Crippen LogP contribution in [-0.2, 0) is 0 Å². The lowest BCUT2D eigenvalue weighted by Crippen LogP contribution is -2.11. The van der Waals surface area contributed by atoms with E-state index in [0.717, 1.165) is 5.56 Å². The van der Waals surface area contributed by atoms with Crippen LogP contribution in [0, 0.1) is 0 Å². The monoisotopic (exact) mass is 368 g/mol. The number of carbonyl (C=O) groups excluding carboxylic acids is 2. The van der Waals surface area contributed by atoms with E-state index in [4.69, 9.17) is 10.5 Å². The average molecular weight is 368 g/mol. The molecule has 2 heterocycles. The summed E-state index contributed by atoms with van der Waals surface area (Å²) in [6.45, 7) is 3.99. The van der Waals surface area contributed by atoms with Crippen LogP contribution in [0.2, 0.25) is 0 Å². The van der Waals surface area contributed by atoms with Gasteiger partial charge in [-0.15, -0.1) is 11.3 Å². The lowest BCUT2D eigenvalue weighted by Gasteiger charge is -2.05. The van der Waals surface area contributed by atoms with Crippen molar-refractivity contribution in [1.82, 2.24) is 9.97 Å². The third-order valence-corrected chi connectivity index (χ3v) is 4.21. The van der Waals surface area contributed by atoms with Crippen molar-refractivity contribution in [3.05, 3.63) is 65.8 Å². The van der Waals surface area contributed by atoms with E-state index in [-0.39, 0.29) is 5.91 Å². The fourth-order valence-corrected chi connectivity index (χ4v) is 2.89. The third kappa shape index (κ3) is 3.98. The quantitative estimate of drug-likeness (QED) is 0.557. The predicted molar refractivity (Wildman–Crippen MR) is 101 cm³/mol. The molecule has 0 aliphatic carbocycles. The van der Waals surface area contributed by atoms with Crippen molar-refractivity contribution in [3.8, 4) is 17.0 Å². The minimum Gasteiger partial charge on any atom is -0.490 e. The summed E-state index contributed by atoms with van der Waals surface area (Å²) in [6.07, 6.45) is 3.29. The molecule has 0 unspecified atom stereocenters. The molecule has 132 valence electrons. The molecular formula is C18H16N4O3S. The Morgan fingerprint density at radius 1 is 1.35 bits per heavy atom. The number of ether oxygens (including phenoxy) is 1. The van der Waals surface area contributed by atoms with Gasteiger partial charge >= 0.3 is 0 Å². The highest BCUT2D eigenvalue weighted by Gasteiger charge is 2.12. The molecular weight excluding hydrogens is 352 g/mol. The van der Waals surface area contributed by atoms with Crippen molar-refractivity contribution in [1.29, 1.82) is 0 Å². The van der Waals surface area contributed by atoms with E-state index in [9.17, 15) is 9.59 Å². The highest BCUT2D eigenvalue weighted by Crippen LogP contribution is 2.26. The second kappa shape index (κ2) is 7.66.